The summed E-state index contributed by atoms with van der Waals surface area (Å²) in [6.45, 7) is 1.24. The molecule has 3 aromatic carbocycles. The Labute approximate surface area is 261 Å². The van der Waals surface area contributed by atoms with Gasteiger partial charge in [0.05, 0.1) is 16.7 Å². The molecule has 46 heavy (non-hydrogen) atoms. The summed E-state index contributed by atoms with van der Waals surface area (Å²) in [5.74, 6) is -3.33. The third-order valence-corrected chi connectivity index (χ3v) is 9.80. The molecule has 0 heterocycles. The smallest absolute Gasteiger partial charge is 0.416 e. The summed E-state index contributed by atoms with van der Waals surface area (Å²) in [5.41, 5.74) is -2.14. The number of nitrogens with one attached hydrogen (secondary N) is 1. The van der Waals surface area contributed by atoms with Crippen molar-refractivity contribution in [1.82, 2.24) is 5.32 Å². The maximum atomic E-state index is 14.1. The molecule has 0 radical (unpaired) electrons. The Hall–Kier alpha value is -4.19. The molecular weight excluding hydrogens is 610 g/mol. The lowest BCUT2D eigenvalue weighted by molar-refractivity contribution is -0.222. The van der Waals surface area contributed by atoms with Gasteiger partial charge >= 0.3 is 18.1 Å². The van der Waals surface area contributed by atoms with Gasteiger partial charge in [-0.15, -0.1) is 0 Å². The fraction of sp³-hybridized carbons (Fsp3) is 0.441. The molecule has 4 saturated carbocycles. The van der Waals surface area contributed by atoms with Crippen molar-refractivity contribution in [3.05, 3.63) is 77.1 Å². The number of rotatable bonds is 10. The average molecular weight is 644 g/mol. The topological polar surface area (TPSA) is 122 Å². The number of carboxylic acids is 2. The number of hydrogen-bond acceptors (Lipinski definition) is 5. The molecule has 4 bridgehead atoms. The molecule has 0 aromatic heterocycles. The average Bonchev–Trinajstić information content (AvgIpc) is 2.96. The minimum absolute atomic E-state index is 0.0209. The van der Waals surface area contributed by atoms with Crippen LogP contribution in [0.3, 0.4) is 0 Å². The molecule has 12 heteroatoms. The molecule has 2 unspecified atom stereocenters. The van der Waals surface area contributed by atoms with E-state index in [2.05, 4.69) is 5.32 Å². The second-order valence-electron chi connectivity index (χ2n) is 13.1. The summed E-state index contributed by atoms with van der Waals surface area (Å²) in [7, 11) is 0. The largest absolute Gasteiger partial charge is 0.487 e. The van der Waals surface area contributed by atoms with Crippen LogP contribution in [0.4, 0.5) is 17.6 Å². The van der Waals surface area contributed by atoms with Gasteiger partial charge in [0, 0.05) is 10.8 Å². The lowest BCUT2D eigenvalue weighted by atomic mass is 9.46. The van der Waals surface area contributed by atoms with Crippen molar-refractivity contribution in [2.45, 2.75) is 76.0 Å². The summed E-state index contributed by atoms with van der Waals surface area (Å²) in [6.07, 6.45) is -2.06. The van der Waals surface area contributed by atoms with Gasteiger partial charge in [0.15, 0.2) is 6.10 Å². The van der Waals surface area contributed by atoms with Gasteiger partial charge in [-0.1, -0.05) is 18.2 Å². The van der Waals surface area contributed by atoms with E-state index in [0.717, 1.165) is 18.6 Å². The SMILES string of the molecule is C[C@@H](OC12CC3CC(C1)CC([C@H](NC(=O)c1ccc4cc(F)ccc4c1OCc1ccc(C(F)(F)F)cc1)C(=O)O)(C3)C2)C(=O)O. The lowest BCUT2D eigenvalue weighted by Gasteiger charge is -2.63. The van der Waals surface area contributed by atoms with Crippen molar-refractivity contribution in [1.29, 1.82) is 0 Å². The summed E-state index contributed by atoms with van der Waals surface area (Å²) in [5, 5.41) is 23.5. The van der Waals surface area contributed by atoms with Crippen molar-refractivity contribution in [2.75, 3.05) is 0 Å². The molecule has 244 valence electrons. The van der Waals surface area contributed by atoms with E-state index in [0.29, 0.717) is 42.0 Å². The van der Waals surface area contributed by atoms with Gasteiger partial charge < -0.3 is 25.0 Å². The summed E-state index contributed by atoms with van der Waals surface area (Å²) in [6, 6.07) is 9.78. The molecule has 4 aliphatic carbocycles. The second-order valence-corrected chi connectivity index (χ2v) is 13.1. The maximum absolute atomic E-state index is 14.1. The van der Waals surface area contributed by atoms with Gasteiger partial charge in [-0.25, -0.2) is 14.0 Å². The van der Waals surface area contributed by atoms with Crippen LogP contribution >= 0.6 is 0 Å². The summed E-state index contributed by atoms with van der Waals surface area (Å²) >= 11 is 0. The number of amides is 1. The first-order valence-electron chi connectivity index (χ1n) is 15.1. The van der Waals surface area contributed by atoms with E-state index in [1.54, 1.807) is 0 Å². The van der Waals surface area contributed by atoms with Gasteiger partial charge in [-0.3, -0.25) is 4.79 Å². The molecule has 0 saturated heterocycles. The number of hydrogen-bond donors (Lipinski definition) is 3. The second kappa shape index (κ2) is 11.6. The normalized spacial score (nSPS) is 26.5. The molecule has 4 fully saturated rings. The van der Waals surface area contributed by atoms with Crippen LogP contribution in [0.15, 0.2) is 54.6 Å². The monoisotopic (exact) mass is 643 g/mol. The fourth-order valence-corrected chi connectivity index (χ4v) is 8.39. The Bertz CT molecular complexity index is 1680. The number of halogens is 4. The number of carbonyl (C=O) groups is 3. The third kappa shape index (κ3) is 6.02. The van der Waals surface area contributed by atoms with Crippen LogP contribution in [0.2, 0.25) is 0 Å². The van der Waals surface area contributed by atoms with E-state index >= 15 is 0 Å². The van der Waals surface area contributed by atoms with Crippen LogP contribution in [-0.4, -0.2) is 45.8 Å². The van der Waals surface area contributed by atoms with Gasteiger partial charge in [-0.2, -0.15) is 13.2 Å². The van der Waals surface area contributed by atoms with E-state index in [1.165, 1.54) is 49.4 Å². The summed E-state index contributed by atoms with van der Waals surface area (Å²) in [4.78, 5) is 38.4. The number of carbonyl (C=O) groups excluding carboxylic acids is 1. The molecule has 3 N–H and O–H groups in total. The molecule has 0 spiro atoms. The first-order chi connectivity index (χ1) is 21.7. The van der Waals surface area contributed by atoms with Crippen LogP contribution in [0, 0.1) is 23.1 Å². The van der Waals surface area contributed by atoms with Gasteiger partial charge in [0.2, 0.25) is 0 Å². The first-order valence-corrected chi connectivity index (χ1v) is 15.1. The van der Waals surface area contributed by atoms with E-state index in [9.17, 15) is 42.2 Å². The van der Waals surface area contributed by atoms with Gasteiger partial charge in [0.1, 0.15) is 24.2 Å². The number of ether oxygens (including phenoxy) is 2. The number of aliphatic carboxylic acids is 2. The highest BCUT2D eigenvalue weighted by molar-refractivity contribution is 6.05. The zero-order valence-electron chi connectivity index (χ0n) is 24.9. The number of fused-ring (bicyclic) bond motifs is 1. The Morgan fingerprint density at radius 3 is 2.24 bits per heavy atom. The maximum Gasteiger partial charge on any atom is 0.416 e. The quantitative estimate of drug-likeness (QED) is 0.213. The Morgan fingerprint density at radius 2 is 1.63 bits per heavy atom. The van der Waals surface area contributed by atoms with Crippen molar-refractivity contribution in [3.8, 4) is 5.75 Å². The van der Waals surface area contributed by atoms with E-state index in [4.69, 9.17) is 9.47 Å². The highest BCUT2D eigenvalue weighted by Gasteiger charge is 2.63. The lowest BCUT2D eigenvalue weighted by Crippen LogP contribution is -2.65. The molecule has 4 aliphatic rings. The molecule has 1 amide bonds. The van der Waals surface area contributed by atoms with Crippen molar-refractivity contribution >= 4 is 28.6 Å². The van der Waals surface area contributed by atoms with Gasteiger partial charge in [0.25, 0.3) is 5.91 Å². The van der Waals surface area contributed by atoms with Crippen molar-refractivity contribution in [3.63, 3.8) is 0 Å². The zero-order valence-corrected chi connectivity index (χ0v) is 24.9. The van der Waals surface area contributed by atoms with E-state index in [1.807, 2.05) is 0 Å². The first kappa shape index (κ1) is 31.8. The highest BCUT2D eigenvalue weighted by Crippen LogP contribution is 2.64. The molecule has 8 nitrogen and oxygen atoms in total. The van der Waals surface area contributed by atoms with Crippen LogP contribution in [0.25, 0.3) is 10.8 Å². The Kier molecular flexibility index (Phi) is 7.98. The predicted molar refractivity (Wildman–Crippen MR) is 157 cm³/mol. The fourth-order valence-electron chi connectivity index (χ4n) is 8.39. The Balaban J connectivity index is 1.30. The van der Waals surface area contributed by atoms with Gasteiger partial charge in [-0.05, 0) is 105 Å². The van der Waals surface area contributed by atoms with Crippen LogP contribution < -0.4 is 10.1 Å². The number of alkyl halides is 3. The minimum Gasteiger partial charge on any atom is -0.487 e. The number of carboxylic acid groups (broad SMARTS) is 2. The molecule has 4 atom stereocenters. The van der Waals surface area contributed by atoms with E-state index in [-0.39, 0.29) is 36.2 Å². The highest BCUT2D eigenvalue weighted by atomic mass is 19.4. The summed E-state index contributed by atoms with van der Waals surface area (Å²) < 4.78 is 65.3. The Morgan fingerprint density at radius 1 is 0.957 bits per heavy atom. The van der Waals surface area contributed by atoms with Crippen molar-refractivity contribution in [2.24, 2.45) is 17.3 Å². The molecule has 0 aliphatic heterocycles. The predicted octanol–water partition coefficient (Wildman–Crippen LogP) is 6.59. The zero-order chi connectivity index (χ0) is 33.0. The number of benzene rings is 3. The minimum atomic E-state index is -4.51. The van der Waals surface area contributed by atoms with Crippen LogP contribution in [0.1, 0.15) is 66.9 Å². The van der Waals surface area contributed by atoms with E-state index < -0.39 is 58.6 Å². The van der Waals surface area contributed by atoms with Crippen LogP contribution in [-0.2, 0) is 27.1 Å². The van der Waals surface area contributed by atoms with Crippen LogP contribution in [0.5, 0.6) is 5.75 Å². The molecular formula is C34H33F4NO7. The standard InChI is InChI=1S/C34H33F4NO7/c1-18(30(41)42)46-33-14-20-10-21(15-33)13-32(12-20,17-33)28(31(43)44)39-29(40)26-8-4-22-11-24(35)7-9-25(22)27(26)45-16-19-2-5-23(6-3-19)34(36,37)38/h2-9,11,18,20-21,28H,10,12-17H2,1H3,(H,39,40)(H,41,42)(H,43,44)/t18-,20?,21?,28-,32?,33?/m1/s1. The third-order valence-electron chi connectivity index (χ3n) is 9.80. The molecule has 7 rings (SSSR count). The van der Waals surface area contributed by atoms with Crippen molar-refractivity contribution < 1.29 is 51.6 Å². The molecule has 3 aromatic rings.